The topological polar surface area (TPSA) is 58.5 Å². The second kappa shape index (κ2) is 4.80. The molecule has 1 N–H and O–H groups in total. The lowest BCUT2D eigenvalue weighted by molar-refractivity contribution is 0.444. The first kappa shape index (κ1) is 13.2. The Morgan fingerprint density at radius 3 is 2.88 bits per heavy atom. The van der Waals surface area contributed by atoms with Crippen LogP contribution in [-0.4, -0.2) is 42.4 Å². The maximum Gasteiger partial charge on any atom is 0.157 e. The molecule has 1 atom stereocenters. The Morgan fingerprint density at radius 2 is 2.24 bits per heavy atom. The van der Waals surface area contributed by atoms with Crippen molar-refractivity contribution in [2.24, 2.45) is 4.99 Å². The van der Waals surface area contributed by atoms with Crippen molar-refractivity contribution in [3.8, 4) is 0 Å². The van der Waals surface area contributed by atoms with Gasteiger partial charge < -0.3 is 5.32 Å². The molecular formula is C11H20N2O2S2. The van der Waals surface area contributed by atoms with Gasteiger partial charge in [-0.2, -0.15) is 0 Å². The average Bonchev–Trinajstić information content (AvgIpc) is 2.13. The van der Waals surface area contributed by atoms with Crippen molar-refractivity contribution in [1.29, 1.82) is 0 Å². The minimum atomic E-state index is -2.86. The molecule has 2 rings (SSSR count). The van der Waals surface area contributed by atoms with Crippen molar-refractivity contribution in [3.05, 3.63) is 0 Å². The van der Waals surface area contributed by atoms with Crippen LogP contribution in [-0.2, 0) is 9.84 Å². The van der Waals surface area contributed by atoms with Crippen LogP contribution in [0.1, 0.15) is 33.1 Å². The summed E-state index contributed by atoms with van der Waals surface area (Å²) in [5.74, 6) is 1.61. The van der Waals surface area contributed by atoms with Crippen LogP contribution < -0.4 is 5.32 Å². The molecule has 6 heteroatoms. The molecule has 0 amide bonds. The van der Waals surface area contributed by atoms with Crippen molar-refractivity contribution in [2.45, 2.75) is 44.7 Å². The highest BCUT2D eigenvalue weighted by Crippen LogP contribution is 2.23. The van der Waals surface area contributed by atoms with Gasteiger partial charge in [0.2, 0.25) is 0 Å². The smallest absolute Gasteiger partial charge is 0.157 e. The van der Waals surface area contributed by atoms with E-state index in [4.69, 9.17) is 0 Å². The van der Waals surface area contributed by atoms with Crippen LogP contribution in [0.5, 0.6) is 0 Å². The monoisotopic (exact) mass is 276 g/mol. The van der Waals surface area contributed by atoms with Crippen molar-refractivity contribution in [2.75, 3.05) is 17.3 Å². The Hall–Kier alpha value is -0.230. The molecule has 0 bridgehead atoms. The van der Waals surface area contributed by atoms with Crippen LogP contribution in [0.3, 0.4) is 0 Å². The molecule has 0 aromatic rings. The lowest BCUT2D eigenvalue weighted by atomic mass is 10.0. The van der Waals surface area contributed by atoms with Crippen LogP contribution in [0.2, 0.25) is 0 Å². The Kier molecular flexibility index (Phi) is 3.73. The maximum atomic E-state index is 11.5. The van der Waals surface area contributed by atoms with Gasteiger partial charge in [0, 0.05) is 11.3 Å². The zero-order valence-corrected chi connectivity index (χ0v) is 12.0. The molecule has 2 fully saturated rings. The maximum absolute atomic E-state index is 11.5. The summed E-state index contributed by atoms with van der Waals surface area (Å²) in [4.78, 5) is 4.58. The number of hydrogen-bond donors (Lipinski definition) is 1. The highest BCUT2D eigenvalue weighted by molar-refractivity contribution is 8.13. The number of aliphatic imine (C=N–C) groups is 1. The molecule has 2 aliphatic heterocycles. The van der Waals surface area contributed by atoms with Gasteiger partial charge in [0.05, 0.1) is 17.5 Å². The molecular weight excluding hydrogens is 256 g/mol. The van der Waals surface area contributed by atoms with Gasteiger partial charge in [-0.1, -0.05) is 11.8 Å². The number of sulfone groups is 1. The standard InChI is InChI=1S/C11H20N2O2S2/c1-11(2)5-6-16-10(13-11)12-9-4-3-7-17(14,15)8-9/h9H,3-8H2,1-2H3,(H,12,13). The van der Waals surface area contributed by atoms with Crippen LogP contribution in [0.25, 0.3) is 0 Å². The molecule has 17 heavy (non-hydrogen) atoms. The van der Waals surface area contributed by atoms with Gasteiger partial charge in [0.15, 0.2) is 15.0 Å². The molecule has 0 aliphatic carbocycles. The molecule has 2 heterocycles. The van der Waals surface area contributed by atoms with E-state index < -0.39 is 9.84 Å². The van der Waals surface area contributed by atoms with Crippen LogP contribution in [0.4, 0.5) is 0 Å². The lowest BCUT2D eigenvalue weighted by Gasteiger charge is -2.33. The summed E-state index contributed by atoms with van der Waals surface area (Å²) in [5.41, 5.74) is 0.0810. The second-order valence-electron chi connectivity index (χ2n) is 5.45. The Labute approximate surface area is 108 Å². The number of thioether (sulfide) groups is 1. The first-order valence-electron chi connectivity index (χ1n) is 6.06. The van der Waals surface area contributed by atoms with Gasteiger partial charge in [-0.25, -0.2) is 8.42 Å². The summed E-state index contributed by atoms with van der Waals surface area (Å²) < 4.78 is 23.1. The molecule has 4 nitrogen and oxygen atoms in total. The Balaban J connectivity index is 2.04. The minimum Gasteiger partial charge on any atom is -0.360 e. The second-order valence-corrected chi connectivity index (χ2v) is 8.76. The predicted molar refractivity (Wildman–Crippen MR) is 73.4 cm³/mol. The first-order chi connectivity index (χ1) is 7.86. The van der Waals surface area contributed by atoms with E-state index in [9.17, 15) is 8.42 Å². The molecule has 0 saturated carbocycles. The normalized spacial score (nSPS) is 34.2. The Bertz CT molecular complexity index is 415. The van der Waals surface area contributed by atoms with E-state index in [0.717, 1.165) is 30.2 Å². The molecule has 1 unspecified atom stereocenters. The summed E-state index contributed by atoms with van der Waals surface area (Å²) >= 11 is 1.70. The summed E-state index contributed by atoms with van der Waals surface area (Å²) in [6.45, 7) is 4.31. The zero-order valence-electron chi connectivity index (χ0n) is 10.4. The van der Waals surface area contributed by atoms with E-state index in [-0.39, 0.29) is 17.3 Å². The zero-order chi connectivity index (χ0) is 12.5. The first-order valence-corrected chi connectivity index (χ1v) is 8.86. The van der Waals surface area contributed by atoms with E-state index in [2.05, 4.69) is 24.2 Å². The van der Waals surface area contributed by atoms with E-state index >= 15 is 0 Å². The highest BCUT2D eigenvalue weighted by Gasteiger charge is 2.28. The molecule has 2 saturated heterocycles. The summed E-state index contributed by atoms with van der Waals surface area (Å²) in [7, 11) is -2.86. The number of hydrogen-bond acceptors (Lipinski definition) is 4. The Morgan fingerprint density at radius 1 is 1.47 bits per heavy atom. The third-order valence-corrected chi connectivity index (χ3v) is 5.84. The largest absolute Gasteiger partial charge is 0.360 e. The average molecular weight is 276 g/mol. The van der Waals surface area contributed by atoms with Gasteiger partial charge in [-0.15, -0.1) is 0 Å². The van der Waals surface area contributed by atoms with E-state index in [0.29, 0.717) is 5.75 Å². The van der Waals surface area contributed by atoms with Gasteiger partial charge in [0.1, 0.15) is 0 Å². The summed E-state index contributed by atoms with van der Waals surface area (Å²) in [6, 6.07) is -0.0438. The van der Waals surface area contributed by atoms with Gasteiger partial charge in [-0.05, 0) is 33.1 Å². The molecule has 0 radical (unpaired) electrons. The van der Waals surface area contributed by atoms with Crippen molar-refractivity contribution in [1.82, 2.24) is 5.32 Å². The number of rotatable bonds is 1. The van der Waals surface area contributed by atoms with Crippen LogP contribution in [0, 0.1) is 0 Å². The number of nitrogens with one attached hydrogen (secondary N) is 1. The fourth-order valence-electron chi connectivity index (χ4n) is 2.13. The molecule has 98 valence electrons. The fraction of sp³-hybridized carbons (Fsp3) is 0.909. The molecule has 0 aromatic heterocycles. The molecule has 0 spiro atoms. The third-order valence-electron chi connectivity index (χ3n) is 3.15. The van der Waals surface area contributed by atoms with Crippen molar-refractivity contribution < 1.29 is 8.42 Å². The van der Waals surface area contributed by atoms with Crippen LogP contribution in [0.15, 0.2) is 4.99 Å². The van der Waals surface area contributed by atoms with E-state index in [1.165, 1.54) is 0 Å². The van der Waals surface area contributed by atoms with Gasteiger partial charge >= 0.3 is 0 Å². The highest BCUT2D eigenvalue weighted by atomic mass is 32.2. The van der Waals surface area contributed by atoms with E-state index in [1.807, 2.05) is 0 Å². The fourth-order valence-corrected chi connectivity index (χ4v) is 5.11. The van der Waals surface area contributed by atoms with Gasteiger partial charge in [-0.3, -0.25) is 4.99 Å². The molecule has 0 aromatic carbocycles. The predicted octanol–water partition coefficient (Wildman–Crippen LogP) is 1.42. The van der Waals surface area contributed by atoms with Gasteiger partial charge in [0.25, 0.3) is 0 Å². The molecule has 2 aliphatic rings. The summed E-state index contributed by atoms with van der Waals surface area (Å²) in [6.07, 6.45) is 2.75. The number of amidine groups is 1. The minimum absolute atomic E-state index is 0.0438. The lowest BCUT2D eigenvalue weighted by Crippen LogP contribution is -2.46. The quantitative estimate of drug-likeness (QED) is 0.787. The third kappa shape index (κ3) is 3.88. The van der Waals surface area contributed by atoms with Crippen molar-refractivity contribution >= 4 is 26.8 Å². The summed E-state index contributed by atoms with van der Waals surface area (Å²) in [5, 5.41) is 4.31. The van der Waals surface area contributed by atoms with Crippen LogP contribution >= 0.6 is 11.8 Å². The number of nitrogens with zero attached hydrogens (tertiary/aromatic N) is 1. The van der Waals surface area contributed by atoms with Crippen molar-refractivity contribution in [3.63, 3.8) is 0 Å². The SMILES string of the molecule is CC1(C)CCSC(=NC2CCCS(=O)(=O)C2)N1. The van der Waals surface area contributed by atoms with E-state index in [1.54, 1.807) is 11.8 Å².